The van der Waals surface area contributed by atoms with Gasteiger partial charge in [-0.1, -0.05) is 207 Å². The van der Waals surface area contributed by atoms with Crippen LogP contribution in [-0.4, -0.2) is 37.2 Å². The standard InChI is InChI=1S/C45H86O6/c1-5-7-9-11-13-15-16-17-18-19-20-22-24-30-34-38-45(48)51-42(39-49-43(46)36-32-28-23-21-14-12-10-8-6-2)40-50-44(47)37-33-29-26-25-27-31-35-41(3)4/h41-42H,5-40H2,1-4H3/t42-/m0/s1. The van der Waals surface area contributed by atoms with E-state index in [9.17, 15) is 14.4 Å². The third kappa shape index (κ3) is 39.5. The van der Waals surface area contributed by atoms with Crippen molar-refractivity contribution in [2.24, 2.45) is 5.92 Å². The smallest absolute Gasteiger partial charge is 0.306 e. The topological polar surface area (TPSA) is 78.9 Å². The van der Waals surface area contributed by atoms with E-state index >= 15 is 0 Å². The number of carbonyl (C=O) groups excluding carboxylic acids is 3. The minimum atomic E-state index is -0.759. The van der Waals surface area contributed by atoms with E-state index in [0.29, 0.717) is 19.3 Å². The first-order valence-corrected chi connectivity index (χ1v) is 22.4. The zero-order chi connectivity index (χ0) is 37.5. The van der Waals surface area contributed by atoms with Gasteiger partial charge < -0.3 is 14.2 Å². The molecule has 0 bridgehead atoms. The van der Waals surface area contributed by atoms with Crippen molar-refractivity contribution in [2.75, 3.05) is 13.2 Å². The molecule has 0 aromatic rings. The molecule has 0 amide bonds. The van der Waals surface area contributed by atoms with Crippen molar-refractivity contribution in [3.05, 3.63) is 0 Å². The molecule has 0 aliphatic carbocycles. The Balaban J connectivity index is 4.29. The summed E-state index contributed by atoms with van der Waals surface area (Å²) in [7, 11) is 0. The van der Waals surface area contributed by atoms with Crippen LogP contribution in [0.1, 0.15) is 246 Å². The van der Waals surface area contributed by atoms with Crippen LogP contribution >= 0.6 is 0 Å². The summed E-state index contributed by atoms with van der Waals surface area (Å²) in [6.45, 7) is 8.91. The molecule has 51 heavy (non-hydrogen) atoms. The van der Waals surface area contributed by atoms with E-state index in [1.54, 1.807) is 0 Å². The first kappa shape index (κ1) is 49.4. The van der Waals surface area contributed by atoms with Gasteiger partial charge in [0.2, 0.25) is 0 Å². The van der Waals surface area contributed by atoms with Gasteiger partial charge in [0, 0.05) is 19.3 Å². The van der Waals surface area contributed by atoms with Crippen molar-refractivity contribution in [1.82, 2.24) is 0 Å². The molecular formula is C45H86O6. The molecular weight excluding hydrogens is 636 g/mol. The lowest BCUT2D eigenvalue weighted by Gasteiger charge is -2.18. The molecule has 0 saturated carbocycles. The molecule has 6 heteroatoms. The zero-order valence-electron chi connectivity index (χ0n) is 34.6. The summed E-state index contributed by atoms with van der Waals surface area (Å²) in [5, 5.41) is 0. The quantitative estimate of drug-likeness (QED) is 0.0356. The Labute approximate surface area is 317 Å². The summed E-state index contributed by atoms with van der Waals surface area (Å²) in [4.78, 5) is 37.6. The first-order valence-electron chi connectivity index (χ1n) is 22.4. The molecule has 0 aliphatic rings. The number of hydrogen-bond donors (Lipinski definition) is 0. The number of carbonyl (C=O) groups is 3. The van der Waals surface area contributed by atoms with E-state index in [2.05, 4.69) is 27.7 Å². The van der Waals surface area contributed by atoms with Crippen molar-refractivity contribution in [3.8, 4) is 0 Å². The second kappa shape index (κ2) is 39.6. The first-order chi connectivity index (χ1) is 24.9. The molecule has 1 atom stereocenters. The molecule has 302 valence electrons. The SMILES string of the molecule is CCCCCCCCCCCCCCCCCC(=O)O[C@@H](COC(=O)CCCCCCCCCCC)COC(=O)CCCCCCCCC(C)C. The highest BCUT2D eigenvalue weighted by atomic mass is 16.6. The summed E-state index contributed by atoms with van der Waals surface area (Å²) in [5.74, 6) is -0.0985. The lowest BCUT2D eigenvalue weighted by Crippen LogP contribution is -2.30. The lowest BCUT2D eigenvalue weighted by molar-refractivity contribution is -0.167. The third-order valence-electron chi connectivity index (χ3n) is 10.0. The molecule has 0 aliphatic heterocycles. The summed E-state index contributed by atoms with van der Waals surface area (Å²) < 4.78 is 16.7. The second-order valence-electron chi connectivity index (χ2n) is 15.8. The van der Waals surface area contributed by atoms with Gasteiger partial charge in [-0.05, 0) is 25.2 Å². The van der Waals surface area contributed by atoms with Gasteiger partial charge in [0.25, 0.3) is 0 Å². The molecule has 0 spiro atoms. The molecule has 0 radical (unpaired) electrons. The van der Waals surface area contributed by atoms with Gasteiger partial charge >= 0.3 is 17.9 Å². The number of esters is 3. The van der Waals surface area contributed by atoms with Crippen LogP contribution in [0.4, 0.5) is 0 Å². The Morgan fingerprint density at radius 2 is 0.647 bits per heavy atom. The highest BCUT2D eigenvalue weighted by Gasteiger charge is 2.19. The molecule has 0 unspecified atom stereocenters. The zero-order valence-corrected chi connectivity index (χ0v) is 34.6. The summed E-state index contributed by atoms with van der Waals surface area (Å²) in [6, 6.07) is 0. The number of unbranched alkanes of at least 4 members (excludes halogenated alkanes) is 27. The average Bonchev–Trinajstić information content (AvgIpc) is 3.11. The van der Waals surface area contributed by atoms with Gasteiger partial charge in [0.05, 0.1) is 0 Å². The fraction of sp³-hybridized carbons (Fsp3) is 0.933. The largest absolute Gasteiger partial charge is 0.462 e. The van der Waals surface area contributed by atoms with Crippen LogP contribution in [0.3, 0.4) is 0 Å². The second-order valence-corrected chi connectivity index (χ2v) is 15.8. The number of rotatable bonds is 40. The predicted octanol–water partition coefficient (Wildman–Crippen LogP) is 13.9. The summed E-state index contributed by atoms with van der Waals surface area (Å²) >= 11 is 0. The Hall–Kier alpha value is -1.59. The predicted molar refractivity (Wildman–Crippen MR) is 215 cm³/mol. The van der Waals surface area contributed by atoms with Crippen LogP contribution in [0.15, 0.2) is 0 Å². The van der Waals surface area contributed by atoms with Gasteiger partial charge in [-0.3, -0.25) is 14.4 Å². The molecule has 6 nitrogen and oxygen atoms in total. The number of hydrogen-bond acceptors (Lipinski definition) is 6. The Morgan fingerprint density at radius 3 is 0.961 bits per heavy atom. The maximum Gasteiger partial charge on any atom is 0.306 e. The van der Waals surface area contributed by atoms with Crippen molar-refractivity contribution in [1.29, 1.82) is 0 Å². The third-order valence-corrected chi connectivity index (χ3v) is 10.0. The fourth-order valence-electron chi connectivity index (χ4n) is 6.63. The molecule has 0 aromatic heterocycles. The summed E-state index contributed by atoms with van der Waals surface area (Å²) in [5.41, 5.74) is 0. The van der Waals surface area contributed by atoms with E-state index in [0.717, 1.165) is 63.7 Å². The summed E-state index contributed by atoms with van der Waals surface area (Å²) in [6.07, 6.45) is 38.1. The van der Waals surface area contributed by atoms with Crippen molar-refractivity contribution >= 4 is 17.9 Å². The van der Waals surface area contributed by atoms with E-state index < -0.39 is 6.10 Å². The van der Waals surface area contributed by atoms with E-state index in [1.165, 1.54) is 141 Å². The van der Waals surface area contributed by atoms with Gasteiger partial charge in [-0.2, -0.15) is 0 Å². The van der Waals surface area contributed by atoms with Crippen molar-refractivity contribution in [2.45, 2.75) is 252 Å². The Morgan fingerprint density at radius 1 is 0.373 bits per heavy atom. The van der Waals surface area contributed by atoms with Crippen LogP contribution in [-0.2, 0) is 28.6 Å². The monoisotopic (exact) mass is 723 g/mol. The van der Waals surface area contributed by atoms with Crippen LogP contribution in [0, 0.1) is 5.92 Å². The molecule has 0 heterocycles. The molecule has 0 N–H and O–H groups in total. The van der Waals surface area contributed by atoms with Gasteiger partial charge in [0.15, 0.2) is 6.10 Å². The van der Waals surface area contributed by atoms with E-state index in [1.807, 2.05) is 0 Å². The normalized spacial score (nSPS) is 11.9. The highest BCUT2D eigenvalue weighted by Crippen LogP contribution is 2.16. The van der Waals surface area contributed by atoms with Crippen LogP contribution in [0.2, 0.25) is 0 Å². The van der Waals surface area contributed by atoms with Gasteiger partial charge in [0.1, 0.15) is 13.2 Å². The fourth-order valence-corrected chi connectivity index (χ4v) is 6.63. The molecule has 0 fully saturated rings. The minimum Gasteiger partial charge on any atom is -0.462 e. The molecule has 0 rings (SSSR count). The Bertz CT molecular complexity index is 766. The average molecular weight is 723 g/mol. The maximum atomic E-state index is 12.7. The number of ether oxygens (including phenoxy) is 3. The van der Waals surface area contributed by atoms with Crippen LogP contribution < -0.4 is 0 Å². The van der Waals surface area contributed by atoms with Crippen LogP contribution in [0.25, 0.3) is 0 Å². The van der Waals surface area contributed by atoms with Crippen molar-refractivity contribution in [3.63, 3.8) is 0 Å². The van der Waals surface area contributed by atoms with Crippen molar-refractivity contribution < 1.29 is 28.6 Å². The lowest BCUT2D eigenvalue weighted by atomic mass is 10.0. The highest BCUT2D eigenvalue weighted by molar-refractivity contribution is 5.71. The maximum absolute atomic E-state index is 12.7. The molecule has 0 aromatic carbocycles. The minimum absolute atomic E-state index is 0.0650. The van der Waals surface area contributed by atoms with E-state index in [-0.39, 0.29) is 31.1 Å². The van der Waals surface area contributed by atoms with E-state index in [4.69, 9.17) is 14.2 Å². The van der Waals surface area contributed by atoms with Gasteiger partial charge in [-0.25, -0.2) is 0 Å². The Kier molecular flexibility index (Phi) is 38.4. The van der Waals surface area contributed by atoms with Crippen LogP contribution in [0.5, 0.6) is 0 Å². The van der Waals surface area contributed by atoms with Gasteiger partial charge in [-0.15, -0.1) is 0 Å². The molecule has 0 saturated heterocycles.